The minimum atomic E-state index is 0.244. The van der Waals surface area contributed by atoms with E-state index in [-0.39, 0.29) is 5.41 Å². The van der Waals surface area contributed by atoms with Gasteiger partial charge < -0.3 is 4.74 Å². The minimum Gasteiger partial charge on any atom is -0.493 e. The van der Waals surface area contributed by atoms with Gasteiger partial charge in [0.15, 0.2) is 0 Å². The molecule has 1 heterocycles. The standard InChI is InChI=1S/C13H17BrO/c1-13(2,3)12(14)10-4-5-11-9(8-10)6-7-15-11/h4-5,8,12H,6-7H2,1-3H3. The van der Waals surface area contributed by atoms with Crippen LogP contribution in [0.15, 0.2) is 18.2 Å². The molecule has 82 valence electrons. The highest BCUT2D eigenvalue weighted by Gasteiger charge is 2.24. The van der Waals surface area contributed by atoms with Gasteiger partial charge in [0.25, 0.3) is 0 Å². The van der Waals surface area contributed by atoms with E-state index in [4.69, 9.17) is 4.74 Å². The van der Waals surface area contributed by atoms with E-state index in [1.54, 1.807) is 0 Å². The molecule has 2 rings (SSSR count). The van der Waals surface area contributed by atoms with Gasteiger partial charge in [-0.05, 0) is 22.6 Å². The van der Waals surface area contributed by atoms with Crippen LogP contribution >= 0.6 is 15.9 Å². The maximum Gasteiger partial charge on any atom is 0.122 e. The fraction of sp³-hybridized carbons (Fsp3) is 0.538. The Morgan fingerprint density at radius 2 is 2.07 bits per heavy atom. The summed E-state index contributed by atoms with van der Waals surface area (Å²) in [4.78, 5) is 0.399. The van der Waals surface area contributed by atoms with Gasteiger partial charge in [0.2, 0.25) is 0 Å². The third-order valence-electron chi connectivity index (χ3n) is 2.77. The number of hydrogen-bond donors (Lipinski definition) is 0. The van der Waals surface area contributed by atoms with Crippen LogP contribution in [0.3, 0.4) is 0 Å². The van der Waals surface area contributed by atoms with E-state index in [1.807, 2.05) is 0 Å². The van der Waals surface area contributed by atoms with Gasteiger partial charge in [-0.25, -0.2) is 0 Å². The Hall–Kier alpha value is -0.500. The second-order valence-electron chi connectivity index (χ2n) is 5.19. The van der Waals surface area contributed by atoms with Crippen molar-refractivity contribution in [1.82, 2.24) is 0 Å². The number of hydrogen-bond acceptors (Lipinski definition) is 1. The molecule has 0 saturated heterocycles. The van der Waals surface area contributed by atoms with Gasteiger partial charge in [0.05, 0.1) is 6.61 Å². The summed E-state index contributed by atoms with van der Waals surface area (Å²) < 4.78 is 5.50. The van der Waals surface area contributed by atoms with Gasteiger partial charge in [0, 0.05) is 11.2 Å². The first-order valence-electron chi connectivity index (χ1n) is 5.38. The van der Waals surface area contributed by atoms with Crippen LogP contribution in [0.2, 0.25) is 0 Å². The molecule has 1 atom stereocenters. The zero-order chi connectivity index (χ0) is 11.1. The average molecular weight is 269 g/mol. The Morgan fingerprint density at radius 3 is 2.73 bits per heavy atom. The van der Waals surface area contributed by atoms with E-state index in [0.29, 0.717) is 4.83 Å². The fourth-order valence-electron chi connectivity index (χ4n) is 1.86. The van der Waals surface area contributed by atoms with Crippen molar-refractivity contribution < 1.29 is 4.74 Å². The molecule has 0 aromatic heterocycles. The number of alkyl halides is 1. The first-order chi connectivity index (χ1) is 6.98. The van der Waals surface area contributed by atoms with Crippen LogP contribution in [0, 0.1) is 5.41 Å². The molecule has 15 heavy (non-hydrogen) atoms. The second kappa shape index (κ2) is 3.82. The van der Waals surface area contributed by atoms with Crippen LogP contribution in [0.5, 0.6) is 5.75 Å². The third-order valence-corrected chi connectivity index (χ3v) is 4.67. The Morgan fingerprint density at radius 1 is 1.33 bits per heavy atom. The van der Waals surface area contributed by atoms with Crippen LogP contribution in [-0.4, -0.2) is 6.61 Å². The smallest absolute Gasteiger partial charge is 0.122 e. The SMILES string of the molecule is CC(C)(C)C(Br)c1ccc2c(c1)CCO2. The molecule has 0 radical (unpaired) electrons. The van der Waals surface area contributed by atoms with E-state index in [2.05, 4.69) is 54.9 Å². The molecule has 0 amide bonds. The van der Waals surface area contributed by atoms with Crippen molar-refractivity contribution in [3.63, 3.8) is 0 Å². The second-order valence-corrected chi connectivity index (χ2v) is 6.11. The molecule has 1 nitrogen and oxygen atoms in total. The highest BCUT2D eigenvalue weighted by atomic mass is 79.9. The Kier molecular flexibility index (Phi) is 2.80. The Labute approximate surface area is 100.0 Å². The normalized spacial score (nSPS) is 17.1. The molecule has 1 unspecified atom stereocenters. The van der Waals surface area contributed by atoms with Crippen molar-refractivity contribution in [3.8, 4) is 5.75 Å². The molecule has 0 aliphatic carbocycles. The van der Waals surface area contributed by atoms with Gasteiger partial charge in [-0.3, -0.25) is 0 Å². The first kappa shape index (κ1) is 11.0. The third kappa shape index (κ3) is 2.20. The molecule has 1 aliphatic heterocycles. The molecule has 1 aliphatic rings. The van der Waals surface area contributed by atoms with Crippen molar-refractivity contribution in [2.45, 2.75) is 32.0 Å². The maximum atomic E-state index is 5.50. The van der Waals surface area contributed by atoms with Crippen LogP contribution in [0.4, 0.5) is 0 Å². The van der Waals surface area contributed by atoms with Crippen LogP contribution in [-0.2, 0) is 6.42 Å². The summed E-state index contributed by atoms with van der Waals surface area (Å²) in [7, 11) is 0. The molecular formula is C13H17BrO. The van der Waals surface area contributed by atoms with E-state index < -0.39 is 0 Å². The van der Waals surface area contributed by atoms with Crippen LogP contribution in [0.1, 0.15) is 36.7 Å². The van der Waals surface area contributed by atoms with E-state index in [9.17, 15) is 0 Å². The van der Waals surface area contributed by atoms with Gasteiger partial charge in [-0.2, -0.15) is 0 Å². The summed E-state index contributed by atoms with van der Waals surface area (Å²) in [5.74, 6) is 1.06. The molecule has 1 aromatic rings. The summed E-state index contributed by atoms with van der Waals surface area (Å²) >= 11 is 3.77. The van der Waals surface area contributed by atoms with Crippen molar-refractivity contribution in [1.29, 1.82) is 0 Å². The highest BCUT2D eigenvalue weighted by molar-refractivity contribution is 9.09. The topological polar surface area (TPSA) is 9.23 Å². The monoisotopic (exact) mass is 268 g/mol. The lowest BCUT2D eigenvalue weighted by Gasteiger charge is -2.26. The lowest BCUT2D eigenvalue weighted by molar-refractivity contribution is 0.356. The van der Waals surface area contributed by atoms with Crippen molar-refractivity contribution in [2.24, 2.45) is 5.41 Å². The number of benzene rings is 1. The summed E-state index contributed by atoms with van der Waals surface area (Å²) in [5.41, 5.74) is 2.95. The molecule has 1 aromatic carbocycles. The number of halogens is 1. The molecule has 2 heteroatoms. The Balaban J connectivity index is 2.31. The highest BCUT2D eigenvalue weighted by Crippen LogP contribution is 2.41. The molecule has 0 bridgehead atoms. The molecule has 0 spiro atoms. The lowest BCUT2D eigenvalue weighted by atomic mass is 9.87. The van der Waals surface area contributed by atoms with Crippen LogP contribution < -0.4 is 4.74 Å². The Bertz CT molecular complexity index is 365. The number of rotatable bonds is 1. The summed E-state index contributed by atoms with van der Waals surface area (Å²) in [5, 5.41) is 0. The minimum absolute atomic E-state index is 0.244. The predicted molar refractivity (Wildman–Crippen MR) is 66.8 cm³/mol. The largest absolute Gasteiger partial charge is 0.493 e. The van der Waals surface area contributed by atoms with E-state index in [0.717, 1.165) is 18.8 Å². The van der Waals surface area contributed by atoms with Gasteiger partial charge in [0.1, 0.15) is 5.75 Å². The van der Waals surface area contributed by atoms with Crippen molar-refractivity contribution in [3.05, 3.63) is 29.3 Å². The van der Waals surface area contributed by atoms with Crippen molar-refractivity contribution in [2.75, 3.05) is 6.61 Å². The molecule has 0 N–H and O–H groups in total. The average Bonchev–Trinajstić information content (AvgIpc) is 2.61. The number of fused-ring (bicyclic) bond motifs is 1. The quantitative estimate of drug-likeness (QED) is 0.697. The van der Waals surface area contributed by atoms with E-state index >= 15 is 0 Å². The summed E-state index contributed by atoms with van der Waals surface area (Å²) in [6.07, 6.45) is 1.05. The zero-order valence-corrected chi connectivity index (χ0v) is 11.1. The summed E-state index contributed by atoms with van der Waals surface area (Å²) in [6.45, 7) is 7.57. The zero-order valence-electron chi connectivity index (χ0n) is 9.51. The summed E-state index contributed by atoms with van der Waals surface area (Å²) in [6, 6.07) is 6.53. The maximum absolute atomic E-state index is 5.50. The van der Waals surface area contributed by atoms with Gasteiger partial charge >= 0.3 is 0 Å². The van der Waals surface area contributed by atoms with E-state index in [1.165, 1.54) is 11.1 Å². The lowest BCUT2D eigenvalue weighted by Crippen LogP contribution is -2.12. The number of ether oxygens (including phenoxy) is 1. The molecule has 0 saturated carbocycles. The molecular weight excluding hydrogens is 252 g/mol. The van der Waals surface area contributed by atoms with Crippen LogP contribution in [0.25, 0.3) is 0 Å². The van der Waals surface area contributed by atoms with Crippen molar-refractivity contribution >= 4 is 15.9 Å². The van der Waals surface area contributed by atoms with Gasteiger partial charge in [-0.1, -0.05) is 48.8 Å². The van der Waals surface area contributed by atoms with Gasteiger partial charge in [-0.15, -0.1) is 0 Å². The first-order valence-corrected chi connectivity index (χ1v) is 6.30. The predicted octanol–water partition coefficient (Wildman–Crippen LogP) is 4.10. The fourth-order valence-corrected chi connectivity index (χ4v) is 2.15. The molecule has 0 fully saturated rings.